The average Bonchev–Trinajstić information content (AvgIpc) is 3.21. The Morgan fingerprint density at radius 2 is 1.96 bits per heavy atom. The lowest BCUT2D eigenvalue weighted by molar-refractivity contribution is 0.317. The molecule has 0 radical (unpaired) electrons. The molecule has 1 N–H and O–H groups in total. The lowest BCUT2D eigenvalue weighted by Gasteiger charge is -2.23. The van der Waals surface area contributed by atoms with Crippen molar-refractivity contribution in [1.82, 2.24) is 24.8 Å². The number of hydrogen-bond acceptors (Lipinski definition) is 4. The van der Waals surface area contributed by atoms with Crippen LogP contribution in [0.25, 0.3) is 11.2 Å². The van der Waals surface area contributed by atoms with Crippen LogP contribution >= 0.6 is 0 Å². The van der Waals surface area contributed by atoms with E-state index in [2.05, 4.69) is 25.8 Å². The molecule has 2 aromatic heterocycles. The minimum absolute atomic E-state index is 0.763. The van der Waals surface area contributed by atoms with Crippen molar-refractivity contribution in [1.29, 1.82) is 0 Å². The number of pyridine rings is 1. The molecule has 0 unspecified atom stereocenters. The van der Waals surface area contributed by atoms with E-state index in [-0.39, 0.29) is 0 Å². The summed E-state index contributed by atoms with van der Waals surface area (Å²) in [5.41, 5.74) is 2.12. The van der Waals surface area contributed by atoms with Crippen molar-refractivity contribution in [3.63, 3.8) is 0 Å². The lowest BCUT2D eigenvalue weighted by Crippen LogP contribution is -2.30. The molecular weight excluding hydrogens is 286 g/mol. The summed E-state index contributed by atoms with van der Waals surface area (Å²) in [5, 5.41) is 3.46. The number of fused-ring (bicyclic) bond motifs is 1. The second-order valence-corrected chi connectivity index (χ2v) is 6.97. The predicted molar refractivity (Wildman–Crippen MR) is 92.5 cm³/mol. The van der Waals surface area contributed by atoms with Gasteiger partial charge in [-0.25, -0.2) is 9.97 Å². The van der Waals surface area contributed by atoms with Crippen LogP contribution in [-0.4, -0.2) is 52.2 Å². The molecule has 0 aromatic carbocycles. The Morgan fingerprint density at radius 3 is 2.78 bits per heavy atom. The van der Waals surface area contributed by atoms with Crippen LogP contribution in [0.4, 0.5) is 0 Å². The first-order valence-corrected chi connectivity index (χ1v) is 9.13. The molecule has 2 aliphatic rings. The summed E-state index contributed by atoms with van der Waals surface area (Å²) in [6.07, 6.45) is 8.23. The summed E-state index contributed by atoms with van der Waals surface area (Å²) in [5.74, 6) is 2.00. The molecule has 2 fully saturated rings. The molecule has 0 atom stereocenters. The van der Waals surface area contributed by atoms with Gasteiger partial charge in [0.1, 0.15) is 11.3 Å². The number of imidazole rings is 1. The van der Waals surface area contributed by atoms with Crippen LogP contribution in [0.3, 0.4) is 0 Å². The van der Waals surface area contributed by atoms with Crippen molar-refractivity contribution in [3.05, 3.63) is 24.2 Å². The second kappa shape index (κ2) is 6.97. The number of rotatable bonds is 5. The normalized spacial score (nSPS) is 20.5. The number of nitrogens with zero attached hydrogens (tertiary/aromatic N) is 4. The fourth-order valence-corrected chi connectivity index (χ4v) is 3.99. The monoisotopic (exact) mass is 313 g/mol. The van der Waals surface area contributed by atoms with Gasteiger partial charge < -0.3 is 14.8 Å². The Bertz CT molecular complexity index is 638. The molecule has 0 spiro atoms. The number of piperidine rings is 1. The average molecular weight is 313 g/mol. The maximum absolute atomic E-state index is 4.91. The highest BCUT2D eigenvalue weighted by molar-refractivity contribution is 5.71. The van der Waals surface area contributed by atoms with Crippen molar-refractivity contribution in [2.75, 3.05) is 32.7 Å². The third-order valence-corrected chi connectivity index (χ3v) is 5.35. The van der Waals surface area contributed by atoms with E-state index in [0.717, 1.165) is 49.7 Å². The quantitative estimate of drug-likeness (QED) is 0.918. The van der Waals surface area contributed by atoms with Crippen molar-refractivity contribution in [2.45, 2.75) is 38.6 Å². The second-order valence-electron chi connectivity index (χ2n) is 6.97. The fourth-order valence-electron chi connectivity index (χ4n) is 3.99. The molecule has 2 aliphatic heterocycles. The largest absolute Gasteiger partial charge is 0.317 e. The molecule has 4 heterocycles. The van der Waals surface area contributed by atoms with Crippen LogP contribution in [0.5, 0.6) is 0 Å². The minimum atomic E-state index is 0.763. The van der Waals surface area contributed by atoms with Crippen LogP contribution in [0.15, 0.2) is 18.3 Å². The molecule has 0 aliphatic carbocycles. The van der Waals surface area contributed by atoms with Crippen molar-refractivity contribution >= 4 is 11.2 Å². The van der Waals surface area contributed by atoms with Gasteiger partial charge in [-0.2, -0.15) is 0 Å². The molecule has 5 nitrogen and oxygen atoms in total. The Labute approximate surface area is 138 Å². The molecule has 0 amide bonds. The van der Waals surface area contributed by atoms with E-state index in [9.17, 15) is 0 Å². The number of aromatic nitrogens is 3. The highest BCUT2D eigenvalue weighted by atomic mass is 15.2. The topological polar surface area (TPSA) is 46.0 Å². The molecule has 23 heavy (non-hydrogen) atoms. The van der Waals surface area contributed by atoms with Gasteiger partial charge in [-0.15, -0.1) is 0 Å². The Morgan fingerprint density at radius 1 is 1.13 bits per heavy atom. The van der Waals surface area contributed by atoms with Gasteiger partial charge in [0.15, 0.2) is 5.65 Å². The maximum atomic E-state index is 4.91. The van der Waals surface area contributed by atoms with Crippen molar-refractivity contribution < 1.29 is 0 Å². The van der Waals surface area contributed by atoms with Crippen LogP contribution in [0, 0.1) is 5.92 Å². The highest BCUT2D eigenvalue weighted by Gasteiger charge is 2.20. The molecule has 2 aromatic rings. The van der Waals surface area contributed by atoms with Gasteiger partial charge in [0.05, 0.1) is 0 Å². The Balaban J connectivity index is 1.55. The number of nitrogens with one attached hydrogen (secondary N) is 1. The fraction of sp³-hybridized carbons (Fsp3) is 0.667. The summed E-state index contributed by atoms with van der Waals surface area (Å²) in [7, 11) is 0. The molecule has 2 saturated heterocycles. The third-order valence-electron chi connectivity index (χ3n) is 5.35. The highest BCUT2D eigenvalue weighted by Crippen LogP contribution is 2.21. The summed E-state index contributed by atoms with van der Waals surface area (Å²) < 4.78 is 2.38. The third kappa shape index (κ3) is 3.40. The van der Waals surface area contributed by atoms with Gasteiger partial charge in [0.2, 0.25) is 0 Å². The summed E-state index contributed by atoms with van der Waals surface area (Å²) in [6.45, 7) is 6.95. The minimum Gasteiger partial charge on any atom is -0.317 e. The first kappa shape index (κ1) is 15.1. The van der Waals surface area contributed by atoms with Crippen molar-refractivity contribution in [2.24, 2.45) is 5.92 Å². The molecule has 124 valence electrons. The zero-order valence-corrected chi connectivity index (χ0v) is 13.9. The number of likely N-dealkylation sites (tertiary alicyclic amines) is 1. The van der Waals surface area contributed by atoms with Crippen LogP contribution in [-0.2, 0) is 13.0 Å². The van der Waals surface area contributed by atoms with Crippen LogP contribution < -0.4 is 5.32 Å². The zero-order chi connectivity index (χ0) is 15.5. The molecule has 5 heteroatoms. The first-order chi connectivity index (χ1) is 11.4. The van der Waals surface area contributed by atoms with Crippen molar-refractivity contribution in [3.8, 4) is 0 Å². The van der Waals surface area contributed by atoms with Crippen LogP contribution in [0.1, 0.15) is 31.5 Å². The lowest BCUT2D eigenvalue weighted by atomic mass is 9.94. The van der Waals surface area contributed by atoms with Gasteiger partial charge >= 0.3 is 0 Å². The SMILES string of the molecule is c1cnc2c(c1)nc(CC1CCNCC1)n2CCN1CCCC1. The van der Waals surface area contributed by atoms with Gasteiger partial charge in [-0.1, -0.05) is 0 Å². The van der Waals surface area contributed by atoms with E-state index < -0.39 is 0 Å². The first-order valence-electron chi connectivity index (χ1n) is 9.13. The smallest absolute Gasteiger partial charge is 0.160 e. The molecule has 4 rings (SSSR count). The standard InChI is InChI=1S/C18H27N5/c1-2-11-22(10-1)12-13-23-17(14-15-5-8-19-9-6-15)21-16-4-3-7-20-18(16)23/h3-4,7,15,19H,1-2,5-6,8-14H2. The number of hydrogen-bond donors (Lipinski definition) is 1. The van der Waals surface area contributed by atoms with E-state index in [1.165, 1.54) is 44.6 Å². The van der Waals surface area contributed by atoms with E-state index in [0.29, 0.717) is 0 Å². The van der Waals surface area contributed by atoms with Gasteiger partial charge in [0, 0.05) is 25.7 Å². The molecule has 0 bridgehead atoms. The van der Waals surface area contributed by atoms with E-state index in [1.807, 2.05) is 12.3 Å². The van der Waals surface area contributed by atoms with E-state index >= 15 is 0 Å². The molecular formula is C18H27N5. The van der Waals surface area contributed by atoms with E-state index in [4.69, 9.17) is 4.98 Å². The Hall–Kier alpha value is -1.46. The predicted octanol–water partition coefficient (Wildman–Crippen LogP) is 2.07. The van der Waals surface area contributed by atoms with Gasteiger partial charge in [-0.3, -0.25) is 0 Å². The van der Waals surface area contributed by atoms with Gasteiger partial charge in [-0.05, 0) is 69.9 Å². The van der Waals surface area contributed by atoms with Gasteiger partial charge in [0.25, 0.3) is 0 Å². The molecule has 0 saturated carbocycles. The Kier molecular flexibility index (Phi) is 4.57. The summed E-state index contributed by atoms with van der Waals surface area (Å²) in [4.78, 5) is 12.1. The summed E-state index contributed by atoms with van der Waals surface area (Å²) >= 11 is 0. The van der Waals surface area contributed by atoms with Crippen LogP contribution in [0.2, 0.25) is 0 Å². The zero-order valence-electron chi connectivity index (χ0n) is 13.9. The maximum Gasteiger partial charge on any atom is 0.160 e. The van der Waals surface area contributed by atoms with E-state index in [1.54, 1.807) is 0 Å². The summed E-state index contributed by atoms with van der Waals surface area (Å²) in [6, 6.07) is 4.09.